The van der Waals surface area contributed by atoms with Crippen molar-refractivity contribution in [2.75, 3.05) is 0 Å². The van der Waals surface area contributed by atoms with Gasteiger partial charge in [-0.2, -0.15) is 0 Å². The van der Waals surface area contributed by atoms with Gasteiger partial charge >= 0.3 is 5.97 Å². The molecule has 0 aromatic heterocycles. The Labute approximate surface area is 113 Å². The second-order valence-electron chi connectivity index (χ2n) is 3.62. The molecule has 0 radical (unpaired) electrons. The van der Waals surface area contributed by atoms with E-state index in [0.717, 1.165) is 6.08 Å². The Morgan fingerprint density at radius 1 is 0.895 bits per heavy atom. The lowest BCUT2D eigenvalue weighted by molar-refractivity contribution is -0.296. The van der Waals surface area contributed by atoms with Gasteiger partial charge in [0, 0.05) is 6.08 Å². The van der Waals surface area contributed by atoms with Gasteiger partial charge in [0.25, 0.3) is 0 Å². The first kappa shape index (κ1) is 17.6. The molecule has 0 amide bonds. The first-order valence-corrected chi connectivity index (χ1v) is 5.94. The zero-order valence-corrected chi connectivity index (χ0v) is 11.8. The first-order valence-electron chi connectivity index (χ1n) is 5.94. The summed E-state index contributed by atoms with van der Waals surface area (Å²) >= 11 is 0. The van der Waals surface area contributed by atoms with Crippen molar-refractivity contribution in [3.05, 3.63) is 25.5 Å². The third kappa shape index (κ3) is 9.24. The minimum atomic E-state index is -0.741. The molecule has 0 aliphatic rings. The van der Waals surface area contributed by atoms with E-state index in [-0.39, 0.29) is 0 Å². The quantitative estimate of drug-likeness (QED) is 0.264. The Balaban J connectivity index is 3.95. The first-order chi connectivity index (χ1) is 8.88. The summed E-state index contributed by atoms with van der Waals surface area (Å²) in [5, 5.41) is 0. The van der Waals surface area contributed by atoms with Gasteiger partial charge in [0.15, 0.2) is 18.9 Å². The molecule has 0 spiro atoms. The maximum absolute atomic E-state index is 10.9. The number of hydrogen-bond donors (Lipinski definition) is 0. The second kappa shape index (κ2) is 9.55. The Hall–Kier alpha value is -1.37. The molecule has 0 heterocycles. The van der Waals surface area contributed by atoms with Gasteiger partial charge in [-0.25, -0.2) is 4.79 Å². The largest absolute Gasteiger partial charge is 0.473 e. The van der Waals surface area contributed by atoms with E-state index in [0.29, 0.717) is 0 Å². The fourth-order valence-electron chi connectivity index (χ4n) is 1.28. The number of rotatable bonds is 10. The third-order valence-corrected chi connectivity index (χ3v) is 1.89. The lowest BCUT2D eigenvalue weighted by Crippen LogP contribution is -2.29. The molecule has 6 heteroatoms. The third-order valence-electron chi connectivity index (χ3n) is 1.89. The van der Waals surface area contributed by atoms with E-state index < -0.39 is 31.1 Å². The van der Waals surface area contributed by atoms with E-state index in [2.05, 4.69) is 13.2 Å². The maximum Gasteiger partial charge on any atom is 0.332 e. The lowest BCUT2D eigenvalue weighted by Gasteiger charge is -2.24. The molecule has 0 N–H and O–H groups in total. The van der Waals surface area contributed by atoms with Crippen LogP contribution in [0.3, 0.4) is 0 Å². The normalized spacial score (nSPS) is 16.8. The van der Waals surface area contributed by atoms with Crippen molar-refractivity contribution in [1.29, 1.82) is 0 Å². The average molecular weight is 274 g/mol. The highest BCUT2D eigenvalue weighted by molar-refractivity contribution is 5.81. The van der Waals surface area contributed by atoms with Gasteiger partial charge in [-0.15, -0.1) is 0 Å². The van der Waals surface area contributed by atoms with Gasteiger partial charge in [0.1, 0.15) is 0 Å². The summed E-state index contributed by atoms with van der Waals surface area (Å²) < 4.78 is 25.8. The summed E-state index contributed by atoms with van der Waals surface area (Å²) in [7, 11) is 0. The maximum atomic E-state index is 10.9. The summed E-state index contributed by atoms with van der Waals surface area (Å²) in [4.78, 5) is 10.9. The minimum Gasteiger partial charge on any atom is -0.473 e. The van der Waals surface area contributed by atoms with Gasteiger partial charge in [-0.3, -0.25) is 0 Å². The topological polar surface area (TPSA) is 63.2 Å². The molecule has 0 bridgehead atoms. The van der Waals surface area contributed by atoms with Crippen molar-refractivity contribution < 1.29 is 28.5 Å². The smallest absolute Gasteiger partial charge is 0.332 e. The van der Waals surface area contributed by atoms with Crippen molar-refractivity contribution in [3.8, 4) is 0 Å². The monoisotopic (exact) mass is 274 g/mol. The highest BCUT2D eigenvalue weighted by Gasteiger charge is 2.16. The van der Waals surface area contributed by atoms with E-state index in [1.54, 1.807) is 27.7 Å². The molecule has 0 saturated carbocycles. The van der Waals surface area contributed by atoms with Crippen LogP contribution in [0.1, 0.15) is 27.7 Å². The molecule has 0 aromatic rings. The molecule has 0 saturated heterocycles. The molecule has 0 aromatic carbocycles. The molecular formula is C13H22O6. The SMILES string of the molecule is C=COC(C)OC(C)OC(C)OC(C)OC(=O)C=C. The zero-order chi connectivity index (χ0) is 14.8. The van der Waals surface area contributed by atoms with Crippen LogP contribution in [0.25, 0.3) is 0 Å². The average Bonchev–Trinajstić information content (AvgIpc) is 2.27. The minimum absolute atomic E-state index is 0.476. The van der Waals surface area contributed by atoms with Gasteiger partial charge in [-0.1, -0.05) is 13.2 Å². The molecule has 110 valence electrons. The van der Waals surface area contributed by atoms with E-state index in [1.807, 2.05) is 0 Å². The summed E-state index contributed by atoms with van der Waals surface area (Å²) in [6.45, 7) is 13.4. The zero-order valence-electron chi connectivity index (χ0n) is 11.8. The number of hydrogen-bond acceptors (Lipinski definition) is 6. The van der Waals surface area contributed by atoms with E-state index in [9.17, 15) is 4.79 Å². The van der Waals surface area contributed by atoms with Crippen LogP contribution < -0.4 is 0 Å². The van der Waals surface area contributed by atoms with Crippen molar-refractivity contribution >= 4 is 5.97 Å². The molecule has 0 rings (SSSR count). The summed E-state index contributed by atoms with van der Waals surface area (Å²) in [5.74, 6) is -0.558. The Morgan fingerprint density at radius 3 is 1.84 bits per heavy atom. The van der Waals surface area contributed by atoms with Crippen molar-refractivity contribution in [2.24, 2.45) is 0 Å². The van der Waals surface area contributed by atoms with Crippen LogP contribution in [0.2, 0.25) is 0 Å². The Morgan fingerprint density at radius 2 is 1.37 bits per heavy atom. The Bertz CT molecular complexity index is 291. The van der Waals surface area contributed by atoms with Crippen LogP contribution in [0, 0.1) is 0 Å². The van der Waals surface area contributed by atoms with Gasteiger partial charge in [0.2, 0.25) is 6.29 Å². The van der Waals surface area contributed by atoms with Gasteiger partial charge in [0.05, 0.1) is 6.26 Å². The summed E-state index contributed by atoms with van der Waals surface area (Å²) in [5.41, 5.74) is 0. The fraction of sp³-hybridized carbons (Fsp3) is 0.615. The van der Waals surface area contributed by atoms with Crippen LogP contribution in [0.15, 0.2) is 25.5 Å². The second-order valence-corrected chi connectivity index (χ2v) is 3.62. The number of ether oxygens (including phenoxy) is 5. The van der Waals surface area contributed by atoms with Gasteiger partial charge < -0.3 is 23.7 Å². The Kier molecular flexibility index (Phi) is 8.86. The van der Waals surface area contributed by atoms with E-state index >= 15 is 0 Å². The van der Waals surface area contributed by atoms with Crippen molar-refractivity contribution in [3.63, 3.8) is 0 Å². The van der Waals surface area contributed by atoms with E-state index in [1.165, 1.54) is 6.26 Å². The summed E-state index contributed by atoms with van der Waals surface area (Å²) in [6.07, 6.45) is -0.0319. The van der Waals surface area contributed by atoms with Crippen LogP contribution >= 0.6 is 0 Å². The standard InChI is InChI=1S/C13H22O6/c1-7-13(14)19-12(6)18-11(5)17-10(4)16-9(3)15-8-2/h7-12H,1-2H2,3-6H3. The fourth-order valence-corrected chi connectivity index (χ4v) is 1.28. The van der Waals surface area contributed by atoms with Crippen LogP contribution in [0.5, 0.6) is 0 Å². The van der Waals surface area contributed by atoms with Crippen LogP contribution in [0.4, 0.5) is 0 Å². The van der Waals surface area contributed by atoms with Crippen molar-refractivity contribution in [1.82, 2.24) is 0 Å². The molecule has 0 fully saturated rings. The molecule has 0 aliphatic carbocycles. The van der Waals surface area contributed by atoms with Gasteiger partial charge in [-0.05, 0) is 27.7 Å². The highest BCUT2D eigenvalue weighted by atomic mass is 16.8. The number of carbonyl (C=O) groups is 1. The van der Waals surface area contributed by atoms with Crippen molar-refractivity contribution in [2.45, 2.75) is 52.9 Å². The molecule has 0 aliphatic heterocycles. The molecule has 4 unspecified atom stereocenters. The molecular weight excluding hydrogens is 252 g/mol. The van der Waals surface area contributed by atoms with Crippen LogP contribution in [-0.2, 0) is 28.5 Å². The number of carbonyl (C=O) groups excluding carboxylic acids is 1. The highest BCUT2D eigenvalue weighted by Crippen LogP contribution is 2.08. The lowest BCUT2D eigenvalue weighted by atomic mass is 10.6. The molecule has 19 heavy (non-hydrogen) atoms. The van der Waals surface area contributed by atoms with E-state index in [4.69, 9.17) is 23.7 Å². The number of esters is 1. The molecule has 4 atom stereocenters. The predicted molar refractivity (Wildman–Crippen MR) is 68.7 cm³/mol. The summed E-state index contributed by atoms with van der Waals surface area (Å²) in [6, 6.07) is 0. The predicted octanol–water partition coefficient (Wildman–Crippen LogP) is 2.31. The molecule has 6 nitrogen and oxygen atoms in total. The van der Waals surface area contributed by atoms with Crippen LogP contribution in [-0.4, -0.2) is 31.1 Å².